The molecule has 0 fully saturated rings. The van der Waals surface area contributed by atoms with Gasteiger partial charge in [0.25, 0.3) is 0 Å². The second-order valence-corrected chi connectivity index (χ2v) is 3.71. The van der Waals surface area contributed by atoms with Crippen LogP contribution in [0.25, 0.3) is 0 Å². The first kappa shape index (κ1) is 10.2. The third kappa shape index (κ3) is 3.57. The maximum Gasteiger partial charge on any atom is 0.332 e. The Morgan fingerprint density at radius 2 is 2.54 bits per heavy atom. The van der Waals surface area contributed by atoms with Crippen molar-refractivity contribution >= 4 is 17.3 Å². The van der Waals surface area contributed by atoms with Gasteiger partial charge in [0, 0.05) is 11.3 Å². The second kappa shape index (κ2) is 4.99. The largest absolute Gasteiger partial charge is 0.479 e. The number of carbonyl (C=O) groups is 1. The molecule has 3 nitrogen and oxygen atoms in total. The Morgan fingerprint density at radius 1 is 1.77 bits per heavy atom. The quantitative estimate of drug-likeness (QED) is 0.788. The standard InChI is InChI=1S/C9H12O3S/c1-7(9(10)11)12-5-4-8-3-2-6-13-8/h2-3,6-7H,4-5H2,1H3,(H,10,11). The van der Waals surface area contributed by atoms with Crippen LogP contribution >= 0.6 is 11.3 Å². The number of rotatable bonds is 5. The van der Waals surface area contributed by atoms with Gasteiger partial charge < -0.3 is 9.84 Å². The molecule has 1 aromatic rings. The summed E-state index contributed by atoms with van der Waals surface area (Å²) in [4.78, 5) is 11.6. The smallest absolute Gasteiger partial charge is 0.332 e. The van der Waals surface area contributed by atoms with Gasteiger partial charge in [0.05, 0.1) is 6.61 Å². The van der Waals surface area contributed by atoms with E-state index in [0.29, 0.717) is 6.61 Å². The minimum Gasteiger partial charge on any atom is -0.479 e. The van der Waals surface area contributed by atoms with E-state index in [1.54, 1.807) is 11.3 Å². The summed E-state index contributed by atoms with van der Waals surface area (Å²) in [5.41, 5.74) is 0. The summed E-state index contributed by atoms with van der Waals surface area (Å²) in [7, 11) is 0. The first-order chi connectivity index (χ1) is 6.20. The summed E-state index contributed by atoms with van der Waals surface area (Å²) in [6.45, 7) is 2.00. The van der Waals surface area contributed by atoms with Crippen LogP contribution in [0.5, 0.6) is 0 Å². The molecule has 0 saturated carbocycles. The van der Waals surface area contributed by atoms with E-state index in [2.05, 4.69) is 0 Å². The van der Waals surface area contributed by atoms with E-state index in [1.807, 2.05) is 17.5 Å². The number of hydrogen-bond donors (Lipinski definition) is 1. The first-order valence-electron chi connectivity index (χ1n) is 4.07. The van der Waals surface area contributed by atoms with Crippen LogP contribution in [0.2, 0.25) is 0 Å². The molecule has 0 saturated heterocycles. The summed E-state index contributed by atoms with van der Waals surface area (Å²) in [6, 6.07) is 3.99. The molecule has 0 amide bonds. The summed E-state index contributed by atoms with van der Waals surface area (Å²) in [5, 5.41) is 10.5. The van der Waals surface area contributed by atoms with Gasteiger partial charge in [0.2, 0.25) is 0 Å². The maximum absolute atomic E-state index is 10.4. The molecular weight excluding hydrogens is 188 g/mol. The summed E-state index contributed by atoms with van der Waals surface area (Å²) >= 11 is 1.66. The topological polar surface area (TPSA) is 46.5 Å². The molecule has 0 bridgehead atoms. The molecule has 4 heteroatoms. The average molecular weight is 200 g/mol. The van der Waals surface area contributed by atoms with E-state index < -0.39 is 12.1 Å². The molecule has 0 spiro atoms. The molecule has 1 N–H and O–H groups in total. The van der Waals surface area contributed by atoms with Gasteiger partial charge in [-0.05, 0) is 18.4 Å². The lowest BCUT2D eigenvalue weighted by atomic mass is 10.3. The zero-order valence-electron chi connectivity index (χ0n) is 7.40. The molecule has 72 valence electrons. The second-order valence-electron chi connectivity index (χ2n) is 2.68. The van der Waals surface area contributed by atoms with Crippen molar-refractivity contribution in [3.8, 4) is 0 Å². The van der Waals surface area contributed by atoms with Gasteiger partial charge in [-0.3, -0.25) is 0 Å². The molecular formula is C9H12O3S. The maximum atomic E-state index is 10.4. The van der Waals surface area contributed by atoms with Crippen molar-refractivity contribution in [3.63, 3.8) is 0 Å². The Hall–Kier alpha value is -0.870. The predicted molar refractivity (Wildman–Crippen MR) is 51.1 cm³/mol. The molecule has 0 aliphatic carbocycles. The van der Waals surface area contributed by atoms with Gasteiger partial charge in [0.1, 0.15) is 0 Å². The van der Waals surface area contributed by atoms with Crippen molar-refractivity contribution in [2.75, 3.05) is 6.61 Å². The van der Waals surface area contributed by atoms with Gasteiger partial charge in [-0.1, -0.05) is 6.07 Å². The summed E-state index contributed by atoms with van der Waals surface area (Å²) in [5.74, 6) is -0.911. The monoisotopic (exact) mass is 200 g/mol. The summed E-state index contributed by atoms with van der Waals surface area (Å²) < 4.78 is 5.08. The Balaban J connectivity index is 2.18. The highest BCUT2D eigenvalue weighted by Gasteiger charge is 2.10. The van der Waals surface area contributed by atoms with E-state index in [4.69, 9.17) is 9.84 Å². The molecule has 1 heterocycles. The van der Waals surface area contributed by atoms with Gasteiger partial charge in [-0.25, -0.2) is 4.79 Å². The van der Waals surface area contributed by atoms with E-state index in [0.717, 1.165) is 6.42 Å². The molecule has 0 radical (unpaired) electrons. The van der Waals surface area contributed by atoms with Crippen LogP contribution in [0.1, 0.15) is 11.8 Å². The molecule has 0 aromatic carbocycles. The van der Waals surface area contributed by atoms with Crippen molar-refractivity contribution in [2.45, 2.75) is 19.4 Å². The van der Waals surface area contributed by atoms with Crippen molar-refractivity contribution in [1.29, 1.82) is 0 Å². The highest BCUT2D eigenvalue weighted by Crippen LogP contribution is 2.09. The van der Waals surface area contributed by atoms with Crippen LogP contribution in [-0.4, -0.2) is 23.8 Å². The zero-order valence-corrected chi connectivity index (χ0v) is 8.21. The Labute approximate surface area is 81.0 Å². The normalized spacial score (nSPS) is 12.7. The van der Waals surface area contributed by atoms with Crippen LogP contribution in [0, 0.1) is 0 Å². The van der Waals surface area contributed by atoms with Crippen molar-refractivity contribution in [1.82, 2.24) is 0 Å². The number of aliphatic carboxylic acids is 1. The number of carboxylic acid groups (broad SMARTS) is 1. The zero-order chi connectivity index (χ0) is 9.68. The lowest BCUT2D eigenvalue weighted by Crippen LogP contribution is -2.20. The van der Waals surface area contributed by atoms with Crippen LogP contribution in [-0.2, 0) is 16.0 Å². The highest BCUT2D eigenvalue weighted by atomic mass is 32.1. The molecule has 1 aromatic heterocycles. The minimum atomic E-state index is -0.911. The minimum absolute atomic E-state index is 0.466. The van der Waals surface area contributed by atoms with Gasteiger partial charge in [-0.15, -0.1) is 11.3 Å². The van der Waals surface area contributed by atoms with Gasteiger partial charge >= 0.3 is 5.97 Å². The fourth-order valence-corrected chi connectivity index (χ4v) is 1.55. The van der Waals surface area contributed by atoms with E-state index in [-0.39, 0.29) is 0 Å². The number of hydrogen-bond acceptors (Lipinski definition) is 3. The van der Waals surface area contributed by atoms with Crippen LogP contribution < -0.4 is 0 Å². The number of carboxylic acids is 1. The molecule has 13 heavy (non-hydrogen) atoms. The van der Waals surface area contributed by atoms with E-state index >= 15 is 0 Å². The summed E-state index contributed by atoms with van der Waals surface area (Å²) in [6.07, 6.45) is 0.0786. The molecule has 1 rings (SSSR count). The Kier molecular flexibility index (Phi) is 3.92. The molecule has 0 aliphatic rings. The van der Waals surface area contributed by atoms with Gasteiger partial charge in [0.15, 0.2) is 6.10 Å². The van der Waals surface area contributed by atoms with Gasteiger partial charge in [-0.2, -0.15) is 0 Å². The van der Waals surface area contributed by atoms with Crippen LogP contribution in [0.15, 0.2) is 17.5 Å². The van der Waals surface area contributed by atoms with Crippen molar-refractivity contribution < 1.29 is 14.6 Å². The Morgan fingerprint density at radius 3 is 3.08 bits per heavy atom. The molecule has 0 aliphatic heterocycles. The van der Waals surface area contributed by atoms with Crippen molar-refractivity contribution in [2.24, 2.45) is 0 Å². The predicted octanol–water partition coefficient (Wildman–Crippen LogP) is 1.78. The highest BCUT2D eigenvalue weighted by molar-refractivity contribution is 7.09. The fraction of sp³-hybridized carbons (Fsp3) is 0.444. The number of ether oxygens (including phenoxy) is 1. The Bertz CT molecular complexity index is 256. The lowest BCUT2D eigenvalue weighted by molar-refractivity contribution is -0.149. The molecule has 1 atom stereocenters. The third-order valence-electron chi connectivity index (χ3n) is 1.64. The lowest BCUT2D eigenvalue weighted by Gasteiger charge is -2.06. The SMILES string of the molecule is CC(OCCc1cccs1)C(=O)O. The van der Waals surface area contributed by atoms with Crippen LogP contribution in [0.3, 0.4) is 0 Å². The average Bonchev–Trinajstić information content (AvgIpc) is 2.56. The van der Waals surface area contributed by atoms with Crippen LogP contribution in [0.4, 0.5) is 0 Å². The third-order valence-corrected chi connectivity index (χ3v) is 2.58. The van der Waals surface area contributed by atoms with E-state index in [1.165, 1.54) is 11.8 Å². The molecule has 1 unspecified atom stereocenters. The van der Waals surface area contributed by atoms with Crippen molar-refractivity contribution in [3.05, 3.63) is 22.4 Å². The van der Waals surface area contributed by atoms with E-state index in [9.17, 15) is 4.79 Å². The number of thiophene rings is 1. The fourth-order valence-electron chi connectivity index (χ4n) is 0.862. The first-order valence-corrected chi connectivity index (χ1v) is 4.95.